The van der Waals surface area contributed by atoms with Gasteiger partial charge in [-0.3, -0.25) is 0 Å². The molecule has 0 saturated heterocycles. The highest BCUT2D eigenvalue weighted by molar-refractivity contribution is 5.84. The molecule has 0 unspecified atom stereocenters. The third-order valence-electron chi connectivity index (χ3n) is 2.37. The van der Waals surface area contributed by atoms with E-state index in [1.807, 2.05) is 24.3 Å². The van der Waals surface area contributed by atoms with Crippen molar-refractivity contribution in [1.82, 2.24) is 9.97 Å². The minimum absolute atomic E-state index is 0.117. The van der Waals surface area contributed by atoms with Crippen molar-refractivity contribution in [2.75, 3.05) is 7.11 Å². The average Bonchev–Trinajstić information content (AvgIpc) is 2.46. The van der Waals surface area contributed by atoms with Crippen LogP contribution in [0.3, 0.4) is 0 Å². The number of nitrogens with zero attached hydrogens (tertiary/aromatic N) is 2. The van der Waals surface area contributed by atoms with Gasteiger partial charge in [-0.2, -0.15) is 0 Å². The van der Waals surface area contributed by atoms with Gasteiger partial charge in [0.15, 0.2) is 5.69 Å². The van der Waals surface area contributed by atoms with Crippen LogP contribution in [-0.2, 0) is 6.61 Å². The number of carbonyl (C=O) groups is 1. The smallest absolute Gasteiger partial charge is 0.356 e. The standard InChI is InChI=1S/C13H12N2O4/c1-18-10-4-2-3-9(5-10)8-19-12-7-14-11(6-15-12)13(16)17/h2-7H,8H2,1H3,(H,16,17). The summed E-state index contributed by atoms with van der Waals surface area (Å²) in [4.78, 5) is 18.2. The van der Waals surface area contributed by atoms with E-state index in [9.17, 15) is 4.79 Å². The first-order valence-corrected chi connectivity index (χ1v) is 5.50. The van der Waals surface area contributed by atoms with Crippen LogP contribution < -0.4 is 9.47 Å². The Hall–Kier alpha value is -2.63. The third kappa shape index (κ3) is 3.41. The second-order valence-electron chi connectivity index (χ2n) is 3.69. The molecule has 0 fully saturated rings. The topological polar surface area (TPSA) is 81.5 Å². The fourth-order valence-electron chi connectivity index (χ4n) is 1.42. The Kier molecular flexibility index (Phi) is 3.92. The minimum Gasteiger partial charge on any atom is -0.497 e. The first-order chi connectivity index (χ1) is 9.19. The Balaban J connectivity index is 1.99. The molecule has 0 aliphatic rings. The molecule has 6 heteroatoms. The molecule has 2 rings (SSSR count). The van der Waals surface area contributed by atoms with E-state index >= 15 is 0 Å². The van der Waals surface area contributed by atoms with Crippen LogP contribution in [0.5, 0.6) is 11.6 Å². The molecule has 98 valence electrons. The summed E-state index contributed by atoms with van der Waals surface area (Å²) in [6.45, 7) is 0.304. The Morgan fingerprint density at radius 3 is 2.79 bits per heavy atom. The van der Waals surface area contributed by atoms with Gasteiger partial charge in [-0.15, -0.1) is 0 Å². The fourth-order valence-corrected chi connectivity index (χ4v) is 1.42. The van der Waals surface area contributed by atoms with Gasteiger partial charge in [-0.05, 0) is 17.7 Å². The van der Waals surface area contributed by atoms with Gasteiger partial charge in [0.05, 0.1) is 19.5 Å². The summed E-state index contributed by atoms with van der Waals surface area (Å²) in [7, 11) is 1.59. The van der Waals surface area contributed by atoms with Crippen molar-refractivity contribution in [3.63, 3.8) is 0 Å². The molecule has 0 atom stereocenters. The summed E-state index contributed by atoms with van der Waals surface area (Å²) in [5.74, 6) is -0.104. The van der Waals surface area contributed by atoms with Gasteiger partial charge in [0, 0.05) is 0 Å². The zero-order valence-electron chi connectivity index (χ0n) is 10.2. The normalized spacial score (nSPS) is 9.95. The number of benzene rings is 1. The third-order valence-corrected chi connectivity index (χ3v) is 2.37. The number of rotatable bonds is 5. The molecular weight excluding hydrogens is 248 g/mol. The Morgan fingerprint density at radius 2 is 2.16 bits per heavy atom. The van der Waals surface area contributed by atoms with Gasteiger partial charge in [0.2, 0.25) is 5.88 Å². The van der Waals surface area contributed by atoms with Gasteiger partial charge in [0.25, 0.3) is 0 Å². The van der Waals surface area contributed by atoms with Gasteiger partial charge in [0.1, 0.15) is 12.4 Å². The zero-order valence-corrected chi connectivity index (χ0v) is 10.2. The van der Waals surface area contributed by atoms with Crippen molar-refractivity contribution in [2.24, 2.45) is 0 Å². The summed E-state index contributed by atoms with van der Waals surface area (Å²) in [6.07, 6.45) is 2.44. The van der Waals surface area contributed by atoms with E-state index < -0.39 is 5.97 Å². The van der Waals surface area contributed by atoms with Crippen molar-refractivity contribution in [1.29, 1.82) is 0 Å². The molecule has 0 aliphatic carbocycles. The number of hydrogen-bond acceptors (Lipinski definition) is 5. The molecule has 0 saturated carbocycles. The van der Waals surface area contributed by atoms with E-state index in [0.29, 0.717) is 6.61 Å². The van der Waals surface area contributed by atoms with Crippen LogP contribution in [0.4, 0.5) is 0 Å². The molecule has 1 aromatic carbocycles. The fraction of sp³-hybridized carbons (Fsp3) is 0.154. The van der Waals surface area contributed by atoms with E-state index in [-0.39, 0.29) is 11.6 Å². The monoisotopic (exact) mass is 260 g/mol. The molecule has 2 aromatic rings. The lowest BCUT2D eigenvalue weighted by molar-refractivity contribution is 0.0689. The molecule has 19 heavy (non-hydrogen) atoms. The maximum Gasteiger partial charge on any atom is 0.356 e. The predicted molar refractivity (Wildman–Crippen MR) is 66.3 cm³/mol. The summed E-state index contributed by atoms with van der Waals surface area (Å²) in [5, 5.41) is 8.68. The van der Waals surface area contributed by atoms with Crippen LogP contribution >= 0.6 is 0 Å². The largest absolute Gasteiger partial charge is 0.497 e. The Morgan fingerprint density at radius 1 is 1.32 bits per heavy atom. The van der Waals surface area contributed by atoms with Gasteiger partial charge in [-0.1, -0.05) is 12.1 Å². The van der Waals surface area contributed by atoms with Crippen LogP contribution in [0.15, 0.2) is 36.7 Å². The highest BCUT2D eigenvalue weighted by Crippen LogP contribution is 2.14. The van der Waals surface area contributed by atoms with Crippen molar-refractivity contribution in [3.05, 3.63) is 47.9 Å². The lowest BCUT2D eigenvalue weighted by Gasteiger charge is -2.06. The molecule has 0 amide bonds. The maximum absolute atomic E-state index is 10.6. The zero-order chi connectivity index (χ0) is 13.7. The Labute approximate surface area is 109 Å². The van der Waals surface area contributed by atoms with Crippen LogP contribution in [0, 0.1) is 0 Å². The van der Waals surface area contributed by atoms with E-state index in [4.69, 9.17) is 14.6 Å². The van der Waals surface area contributed by atoms with E-state index in [0.717, 1.165) is 17.5 Å². The quantitative estimate of drug-likeness (QED) is 0.882. The summed E-state index contributed by atoms with van der Waals surface area (Å²) >= 11 is 0. The number of carboxylic acid groups (broad SMARTS) is 1. The highest BCUT2D eigenvalue weighted by Gasteiger charge is 2.05. The predicted octanol–water partition coefficient (Wildman–Crippen LogP) is 1.76. The average molecular weight is 260 g/mol. The molecule has 1 N–H and O–H groups in total. The lowest BCUT2D eigenvalue weighted by atomic mass is 10.2. The summed E-state index contributed by atoms with van der Waals surface area (Å²) in [6, 6.07) is 7.43. The second-order valence-corrected chi connectivity index (χ2v) is 3.69. The van der Waals surface area contributed by atoms with Crippen LogP contribution in [0.1, 0.15) is 16.1 Å². The molecule has 0 aliphatic heterocycles. The first-order valence-electron chi connectivity index (χ1n) is 5.50. The van der Waals surface area contributed by atoms with Crippen LogP contribution in [0.25, 0.3) is 0 Å². The minimum atomic E-state index is -1.12. The van der Waals surface area contributed by atoms with Crippen LogP contribution in [-0.4, -0.2) is 28.2 Å². The van der Waals surface area contributed by atoms with Gasteiger partial charge >= 0.3 is 5.97 Å². The van der Waals surface area contributed by atoms with Gasteiger partial charge < -0.3 is 14.6 Å². The van der Waals surface area contributed by atoms with E-state index in [1.165, 1.54) is 6.20 Å². The lowest BCUT2D eigenvalue weighted by Crippen LogP contribution is -2.03. The number of hydrogen-bond donors (Lipinski definition) is 1. The summed E-state index contributed by atoms with van der Waals surface area (Å²) < 4.78 is 10.5. The van der Waals surface area contributed by atoms with Crippen molar-refractivity contribution in [2.45, 2.75) is 6.61 Å². The number of ether oxygens (including phenoxy) is 2. The maximum atomic E-state index is 10.6. The number of carboxylic acids is 1. The van der Waals surface area contributed by atoms with Crippen LogP contribution in [0.2, 0.25) is 0 Å². The molecular formula is C13H12N2O4. The van der Waals surface area contributed by atoms with Gasteiger partial charge in [-0.25, -0.2) is 14.8 Å². The molecule has 1 heterocycles. The van der Waals surface area contributed by atoms with E-state index in [2.05, 4.69) is 9.97 Å². The molecule has 0 spiro atoms. The number of aromatic nitrogens is 2. The second kappa shape index (κ2) is 5.81. The van der Waals surface area contributed by atoms with Crippen molar-refractivity contribution in [3.8, 4) is 11.6 Å². The molecule has 1 aromatic heterocycles. The van der Waals surface area contributed by atoms with E-state index in [1.54, 1.807) is 7.11 Å². The number of methoxy groups -OCH3 is 1. The SMILES string of the molecule is COc1cccc(COc2cnc(C(=O)O)cn2)c1. The summed E-state index contributed by atoms with van der Waals surface area (Å²) in [5.41, 5.74) is 0.803. The molecule has 0 bridgehead atoms. The number of aromatic carboxylic acids is 1. The first kappa shape index (κ1) is 12.8. The van der Waals surface area contributed by atoms with Crippen molar-refractivity contribution < 1.29 is 19.4 Å². The van der Waals surface area contributed by atoms with Crippen molar-refractivity contribution >= 4 is 5.97 Å². The molecule has 6 nitrogen and oxygen atoms in total. The highest BCUT2D eigenvalue weighted by atomic mass is 16.5. The molecule has 0 radical (unpaired) electrons. The Bertz CT molecular complexity index is 569.